The molecule has 4 nitrogen and oxygen atoms in total. The molecule has 0 saturated carbocycles. The van der Waals surface area contributed by atoms with E-state index in [0.29, 0.717) is 24.3 Å². The molecule has 0 N–H and O–H groups in total. The van der Waals surface area contributed by atoms with Gasteiger partial charge in [0.25, 0.3) is 0 Å². The summed E-state index contributed by atoms with van der Waals surface area (Å²) < 4.78 is 73.2. The zero-order chi connectivity index (χ0) is 32.0. The molecule has 5 aromatic carbocycles. The maximum absolute atomic E-state index is 12.0. The molecule has 0 amide bonds. The number of para-hydroxylation sites is 1. The van der Waals surface area contributed by atoms with E-state index in [9.17, 15) is 26.1 Å². The highest BCUT2D eigenvalue weighted by Crippen LogP contribution is 2.36. The molecule has 0 radical (unpaired) electrons. The summed E-state index contributed by atoms with van der Waals surface area (Å²) in [5.41, 5.74) is 1.06. The summed E-state index contributed by atoms with van der Waals surface area (Å²) in [7, 11) is -4.81. The summed E-state index contributed by atoms with van der Waals surface area (Å²) in [6.45, 7) is 6.24. The highest BCUT2D eigenvalue weighted by Gasteiger charge is 2.30. The van der Waals surface area contributed by atoms with Crippen LogP contribution < -0.4 is 4.74 Å². The van der Waals surface area contributed by atoms with Crippen molar-refractivity contribution in [3.63, 3.8) is 0 Å². The topological polar surface area (TPSA) is 66.4 Å². The largest absolute Gasteiger partial charge is 0.744 e. The molecule has 5 rings (SSSR count). The summed E-state index contributed by atoms with van der Waals surface area (Å²) in [5.74, 6) is 0.919. The Morgan fingerprint density at radius 3 is 1.52 bits per heavy atom. The van der Waals surface area contributed by atoms with E-state index >= 15 is 0 Å². The maximum Gasteiger partial charge on any atom is 0.416 e. The van der Waals surface area contributed by atoms with E-state index in [-0.39, 0.29) is 16.5 Å². The lowest BCUT2D eigenvalue weighted by Gasteiger charge is -2.23. The molecule has 0 aliphatic carbocycles. The van der Waals surface area contributed by atoms with E-state index in [2.05, 4.69) is 118 Å². The molecule has 5 aromatic rings. The Bertz CT molecular complexity index is 1710. The normalized spacial score (nSPS) is 11.9. The molecule has 44 heavy (non-hydrogen) atoms. The maximum atomic E-state index is 12.0. The molecule has 0 saturated heterocycles. The van der Waals surface area contributed by atoms with Crippen molar-refractivity contribution in [1.29, 1.82) is 0 Å². The first-order valence-electron chi connectivity index (χ1n) is 13.6. The van der Waals surface area contributed by atoms with Crippen LogP contribution in [0.1, 0.15) is 26.3 Å². The summed E-state index contributed by atoms with van der Waals surface area (Å²) in [4.78, 5) is 3.29. The summed E-state index contributed by atoms with van der Waals surface area (Å²) in [6, 6.07) is 41.1. The Labute approximate surface area is 259 Å². The fraction of sp³-hybridized carbons (Fsp3) is 0.143. The van der Waals surface area contributed by atoms with Crippen LogP contribution >= 0.6 is 0 Å². The number of benzene rings is 5. The van der Waals surface area contributed by atoms with Crippen LogP contribution in [0.15, 0.2) is 153 Å². The quantitative estimate of drug-likeness (QED) is 0.138. The minimum absolute atomic E-state index is 0.132. The minimum Gasteiger partial charge on any atom is -0.744 e. The van der Waals surface area contributed by atoms with Gasteiger partial charge in [-0.2, -0.15) is 13.2 Å². The van der Waals surface area contributed by atoms with E-state index in [1.807, 2.05) is 12.1 Å². The third kappa shape index (κ3) is 8.98. The van der Waals surface area contributed by atoms with E-state index < -0.39 is 26.8 Å². The number of halogens is 3. The molecule has 0 aliphatic heterocycles. The Kier molecular flexibility index (Phi) is 10.2. The highest BCUT2D eigenvalue weighted by molar-refractivity contribution is 7.97. The second-order valence-electron chi connectivity index (χ2n) is 10.6. The molecule has 0 heterocycles. The Balaban J connectivity index is 0.000000265. The average molecular weight is 637 g/mol. The number of hydrogen-bond acceptors (Lipinski definition) is 4. The first-order chi connectivity index (χ1) is 20.7. The number of alkyl halides is 3. The molecule has 228 valence electrons. The van der Waals surface area contributed by atoms with Crippen molar-refractivity contribution >= 4 is 21.0 Å². The van der Waals surface area contributed by atoms with Crippen LogP contribution in [0.4, 0.5) is 13.2 Å². The van der Waals surface area contributed by atoms with Crippen LogP contribution in [0.2, 0.25) is 0 Å². The van der Waals surface area contributed by atoms with Gasteiger partial charge in [0.1, 0.15) is 21.5 Å². The van der Waals surface area contributed by atoms with Gasteiger partial charge in [-0.1, -0.05) is 54.6 Å². The zero-order valence-electron chi connectivity index (χ0n) is 24.3. The van der Waals surface area contributed by atoms with E-state index in [0.717, 1.165) is 11.3 Å². The van der Waals surface area contributed by atoms with Gasteiger partial charge in [-0.3, -0.25) is 0 Å². The fourth-order valence-corrected chi connectivity index (χ4v) is 6.78. The standard InChI is InChI=1S/C28H27OS.C7H5F3O3S/c1-28(2,3)29-27-17-11-10-16-26(27)22-18-20-25(21-19-22)30(23-12-6-4-7-13-23)24-14-8-5-9-15-24;8-7(9,10)5-1-3-6(4-2-5)14(11,12)13/h4-21H,1-3H3;1-4H,(H,11,12,13)/q+1;/p-1. The van der Waals surface area contributed by atoms with E-state index in [4.69, 9.17) is 4.74 Å². The third-order valence-corrected chi connectivity index (χ3v) is 9.21. The van der Waals surface area contributed by atoms with Gasteiger partial charge >= 0.3 is 6.18 Å². The molecular weight excluding hydrogens is 606 g/mol. The average Bonchev–Trinajstić information content (AvgIpc) is 2.98. The van der Waals surface area contributed by atoms with Crippen molar-refractivity contribution in [2.24, 2.45) is 0 Å². The van der Waals surface area contributed by atoms with Gasteiger partial charge in [0.15, 0.2) is 14.7 Å². The fourth-order valence-electron chi connectivity index (χ4n) is 4.23. The summed E-state index contributed by atoms with van der Waals surface area (Å²) >= 11 is 0. The third-order valence-electron chi connectivity index (χ3n) is 6.13. The van der Waals surface area contributed by atoms with Crippen LogP contribution in [0.3, 0.4) is 0 Å². The number of hydrogen-bond donors (Lipinski definition) is 0. The second-order valence-corrected chi connectivity index (χ2v) is 14.0. The molecule has 0 bridgehead atoms. The van der Waals surface area contributed by atoms with Crippen molar-refractivity contribution in [3.05, 3.63) is 139 Å². The van der Waals surface area contributed by atoms with Gasteiger partial charge in [-0.05, 0) is 105 Å². The smallest absolute Gasteiger partial charge is 0.416 e. The molecule has 0 unspecified atom stereocenters. The van der Waals surface area contributed by atoms with Gasteiger partial charge in [0, 0.05) is 5.56 Å². The molecular formula is C35H31F3O4S2. The van der Waals surface area contributed by atoms with Crippen molar-refractivity contribution in [1.82, 2.24) is 0 Å². The first kappa shape index (κ1) is 32.9. The lowest BCUT2D eigenvalue weighted by molar-refractivity contribution is -0.137. The van der Waals surface area contributed by atoms with Gasteiger partial charge < -0.3 is 9.29 Å². The van der Waals surface area contributed by atoms with Crippen molar-refractivity contribution < 1.29 is 30.9 Å². The Morgan fingerprint density at radius 2 is 1.07 bits per heavy atom. The summed E-state index contributed by atoms with van der Waals surface area (Å²) in [6.07, 6.45) is -4.54. The number of ether oxygens (including phenoxy) is 1. The second kappa shape index (κ2) is 13.7. The van der Waals surface area contributed by atoms with E-state index in [1.54, 1.807) is 0 Å². The van der Waals surface area contributed by atoms with Crippen LogP contribution in [0, 0.1) is 0 Å². The van der Waals surface area contributed by atoms with E-state index in [1.165, 1.54) is 20.2 Å². The molecule has 0 aliphatic rings. The van der Waals surface area contributed by atoms with Crippen molar-refractivity contribution in [2.45, 2.75) is 52.1 Å². The van der Waals surface area contributed by atoms with Gasteiger partial charge in [0.2, 0.25) is 0 Å². The molecule has 0 atom stereocenters. The highest BCUT2D eigenvalue weighted by atomic mass is 32.2. The van der Waals surface area contributed by atoms with Crippen LogP contribution in [0.25, 0.3) is 11.1 Å². The summed E-state index contributed by atoms with van der Waals surface area (Å²) in [5, 5.41) is 0. The van der Waals surface area contributed by atoms with Gasteiger partial charge in [-0.15, -0.1) is 0 Å². The first-order valence-corrected chi connectivity index (χ1v) is 16.2. The Hall–Kier alpha value is -4.05. The molecule has 0 fully saturated rings. The minimum atomic E-state index is -4.68. The molecule has 0 spiro atoms. The van der Waals surface area contributed by atoms with Crippen molar-refractivity contribution in [3.8, 4) is 16.9 Å². The monoisotopic (exact) mass is 636 g/mol. The van der Waals surface area contributed by atoms with Crippen molar-refractivity contribution in [2.75, 3.05) is 0 Å². The van der Waals surface area contributed by atoms with Crippen LogP contribution in [-0.4, -0.2) is 18.6 Å². The van der Waals surface area contributed by atoms with Crippen LogP contribution in [-0.2, 0) is 27.2 Å². The van der Waals surface area contributed by atoms with Gasteiger partial charge in [-0.25, -0.2) is 8.42 Å². The predicted octanol–water partition coefficient (Wildman–Crippen LogP) is 9.24. The SMILES string of the molecule is CC(C)(C)Oc1ccccc1-c1ccc([S+](c2ccccc2)c2ccccc2)cc1.O=S(=O)([O-])c1ccc(C(F)(F)F)cc1. The lowest BCUT2D eigenvalue weighted by Crippen LogP contribution is -2.23. The molecule has 9 heteroatoms. The lowest BCUT2D eigenvalue weighted by atomic mass is 10.0. The van der Waals surface area contributed by atoms with Gasteiger partial charge in [0.05, 0.1) is 21.4 Å². The predicted molar refractivity (Wildman–Crippen MR) is 167 cm³/mol. The number of rotatable bonds is 6. The van der Waals surface area contributed by atoms with Crippen LogP contribution in [0.5, 0.6) is 5.75 Å². The Morgan fingerprint density at radius 1 is 0.614 bits per heavy atom. The molecule has 0 aromatic heterocycles. The zero-order valence-corrected chi connectivity index (χ0v) is 25.9.